The van der Waals surface area contributed by atoms with Crippen molar-refractivity contribution in [2.24, 2.45) is 0 Å². The molecule has 100 valence electrons. The van der Waals surface area contributed by atoms with Crippen molar-refractivity contribution >= 4 is 0 Å². The van der Waals surface area contributed by atoms with Crippen LogP contribution in [-0.4, -0.2) is 17.2 Å². The second-order valence-corrected chi connectivity index (χ2v) is 4.31. The van der Waals surface area contributed by atoms with Gasteiger partial charge in [-0.15, -0.1) is 0 Å². The Morgan fingerprint density at radius 1 is 1.32 bits per heavy atom. The summed E-state index contributed by atoms with van der Waals surface area (Å²) in [7, 11) is 1.52. The Morgan fingerprint density at radius 3 is 2.68 bits per heavy atom. The number of hydrogen-bond acceptors (Lipinski definition) is 3. The van der Waals surface area contributed by atoms with Crippen LogP contribution in [0.5, 0.6) is 5.75 Å². The van der Waals surface area contributed by atoms with Crippen molar-refractivity contribution < 1.29 is 14.2 Å². The highest BCUT2D eigenvalue weighted by atomic mass is 19.1. The predicted molar refractivity (Wildman–Crippen MR) is 70.5 cm³/mol. The van der Waals surface area contributed by atoms with Crippen LogP contribution in [0.2, 0.25) is 0 Å². The van der Waals surface area contributed by atoms with Gasteiger partial charge in [0.15, 0.2) is 0 Å². The summed E-state index contributed by atoms with van der Waals surface area (Å²) in [6.45, 7) is 1.80. The SMILES string of the molecule is CCC(O)(c1cncc(OC)c1)c1ccccc1F. The molecule has 3 nitrogen and oxygen atoms in total. The summed E-state index contributed by atoms with van der Waals surface area (Å²) < 4.78 is 19.0. The summed E-state index contributed by atoms with van der Waals surface area (Å²) in [6, 6.07) is 7.89. The molecule has 1 heterocycles. The molecule has 0 bridgehead atoms. The second-order valence-electron chi connectivity index (χ2n) is 4.31. The number of pyridine rings is 1. The Hall–Kier alpha value is -1.94. The lowest BCUT2D eigenvalue weighted by Crippen LogP contribution is -2.27. The Labute approximate surface area is 111 Å². The number of ether oxygens (including phenoxy) is 1. The van der Waals surface area contributed by atoms with Gasteiger partial charge in [0, 0.05) is 17.3 Å². The van der Waals surface area contributed by atoms with E-state index < -0.39 is 11.4 Å². The van der Waals surface area contributed by atoms with Crippen molar-refractivity contribution in [2.45, 2.75) is 18.9 Å². The number of aromatic nitrogens is 1. The summed E-state index contributed by atoms with van der Waals surface area (Å²) in [5, 5.41) is 10.8. The maximum absolute atomic E-state index is 13.9. The minimum absolute atomic E-state index is 0.243. The van der Waals surface area contributed by atoms with Crippen LogP contribution in [0.15, 0.2) is 42.7 Å². The van der Waals surface area contributed by atoms with Gasteiger partial charge < -0.3 is 9.84 Å². The molecule has 1 N–H and O–H groups in total. The van der Waals surface area contributed by atoms with Crippen molar-refractivity contribution in [3.8, 4) is 5.75 Å². The maximum atomic E-state index is 13.9. The van der Waals surface area contributed by atoms with E-state index in [9.17, 15) is 9.50 Å². The summed E-state index contributed by atoms with van der Waals surface area (Å²) in [4.78, 5) is 4.02. The van der Waals surface area contributed by atoms with Gasteiger partial charge in [0.1, 0.15) is 17.2 Å². The number of rotatable bonds is 4. The summed E-state index contributed by atoms with van der Waals surface area (Å²) >= 11 is 0. The van der Waals surface area contributed by atoms with Crippen LogP contribution in [0.1, 0.15) is 24.5 Å². The standard InChI is InChI=1S/C15H16FNO2/c1-3-15(18,13-6-4-5-7-14(13)16)11-8-12(19-2)10-17-9-11/h4-10,18H,3H2,1-2H3. The van der Waals surface area contributed by atoms with E-state index in [4.69, 9.17) is 4.74 Å². The Bertz CT molecular complexity index is 574. The highest BCUT2D eigenvalue weighted by Gasteiger charge is 2.32. The first-order valence-corrected chi connectivity index (χ1v) is 6.08. The Morgan fingerprint density at radius 2 is 2.05 bits per heavy atom. The fourth-order valence-electron chi connectivity index (χ4n) is 2.10. The van der Waals surface area contributed by atoms with Crippen LogP contribution in [0.25, 0.3) is 0 Å². The van der Waals surface area contributed by atoms with Crippen molar-refractivity contribution in [3.63, 3.8) is 0 Å². The molecular weight excluding hydrogens is 245 g/mol. The van der Waals surface area contributed by atoms with Crippen molar-refractivity contribution in [1.29, 1.82) is 0 Å². The lowest BCUT2D eigenvalue weighted by atomic mass is 9.84. The van der Waals surface area contributed by atoms with Gasteiger partial charge in [-0.3, -0.25) is 4.98 Å². The molecule has 1 aromatic carbocycles. The van der Waals surface area contributed by atoms with Crippen LogP contribution in [0.3, 0.4) is 0 Å². The first-order valence-electron chi connectivity index (χ1n) is 6.08. The highest BCUT2D eigenvalue weighted by molar-refractivity contribution is 5.38. The van der Waals surface area contributed by atoms with E-state index in [0.717, 1.165) is 0 Å². The molecule has 0 fully saturated rings. The topological polar surface area (TPSA) is 42.4 Å². The molecule has 0 saturated heterocycles. The van der Waals surface area contributed by atoms with E-state index in [1.54, 1.807) is 37.4 Å². The van der Waals surface area contributed by atoms with Crippen LogP contribution >= 0.6 is 0 Å². The van der Waals surface area contributed by atoms with E-state index in [-0.39, 0.29) is 5.56 Å². The molecule has 0 aliphatic carbocycles. The first kappa shape index (κ1) is 13.5. The van der Waals surface area contributed by atoms with E-state index in [0.29, 0.717) is 17.7 Å². The lowest BCUT2D eigenvalue weighted by molar-refractivity contribution is 0.0719. The smallest absolute Gasteiger partial charge is 0.137 e. The minimum Gasteiger partial charge on any atom is -0.495 e. The van der Waals surface area contributed by atoms with Crippen molar-refractivity contribution in [3.05, 3.63) is 59.7 Å². The number of methoxy groups -OCH3 is 1. The fourth-order valence-corrected chi connectivity index (χ4v) is 2.10. The second kappa shape index (κ2) is 5.36. The summed E-state index contributed by atoms with van der Waals surface area (Å²) in [6.07, 6.45) is 3.40. The third-order valence-corrected chi connectivity index (χ3v) is 3.26. The van der Waals surface area contributed by atoms with Gasteiger partial charge in [-0.2, -0.15) is 0 Å². The van der Waals surface area contributed by atoms with Crippen molar-refractivity contribution in [1.82, 2.24) is 4.98 Å². The van der Waals surface area contributed by atoms with Gasteiger partial charge in [0.25, 0.3) is 0 Å². The molecule has 0 amide bonds. The third kappa shape index (κ3) is 2.44. The molecule has 0 saturated carbocycles. The monoisotopic (exact) mass is 261 g/mol. The maximum Gasteiger partial charge on any atom is 0.137 e. The molecule has 2 rings (SSSR count). The van der Waals surface area contributed by atoms with E-state index in [1.165, 1.54) is 19.4 Å². The number of hydrogen-bond donors (Lipinski definition) is 1. The van der Waals surface area contributed by atoms with Gasteiger partial charge >= 0.3 is 0 Å². The first-order chi connectivity index (χ1) is 9.11. The molecule has 1 unspecified atom stereocenters. The fraction of sp³-hybridized carbons (Fsp3) is 0.267. The number of halogens is 1. The zero-order chi connectivity index (χ0) is 13.9. The predicted octanol–water partition coefficient (Wildman–Crippen LogP) is 2.88. The van der Waals surface area contributed by atoms with E-state index >= 15 is 0 Å². The number of benzene rings is 1. The third-order valence-electron chi connectivity index (χ3n) is 3.26. The largest absolute Gasteiger partial charge is 0.495 e. The highest BCUT2D eigenvalue weighted by Crippen LogP contribution is 2.35. The molecular formula is C15H16FNO2. The van der Waals surface area contributed by atoms with Crippen LogP contribution in [0.4, 0.5) is 4.39 Å². The molecule has 0 spiro atoms. The molecule has 0 aliphatic heterocycles. The van der Waals surface area contributed by atoms with Gasteiger partial charge in [-0.25, -0.2) is 4.39 Å². The number of nitrogens with zero attached hydrogens (tertiary/aromatic N) is 1. The molecule has 0 radical (unpaired) electrons. The quantitative estimate of drug-likeness (QED) is 0.920. The van der Waals surface area contributed by atoms with Crippen LogP contribution in [0, 0.1) is 5.82 Å². The summed E-state index contributed by atoms with van der Waals surface area (Å²) in [5.41, 5.74) is -0.653. The van der Waals surface area contributed by atoms with Gasteiger partial charge in [0.2, 0.25) is 0 Å². The lowest BCUT2D eigenvalue weighted by Gasteiger charge is -2.28. The van der Waals surface area contributed by atoms with Gasteiger partial charge in [0.05, 0.1) is 13.3 Å². The van der Waals surface area contributed by atoms with Crippen LogP contribution in [-0.2, 0) is 5.60 Å². The normalized spacial score (nSPS) is 13.9. The Balaban J connectivity index is 2.56. The molecule has 1 atom stereocenters. The molecule has 2 aromatic rings. The van der Waals surface area contributed by atoms with Crippen LogP contribution < -0.4 is 4.74 Å². The van der Waals surface area contributed by atoms with Gasteiger partial charge in [-0.05, 0) is 18.6 Å². The van der Waals surface area contributed by atoms with Crippen molar-refractivity contribution in [2.75, 3.05) is 7.11 Å². The molecule has 1 aromatic heterocycles. The average molecular weight is 261 g/mol. The minimum atomic E-state index is -1.41. The zero-order valence-electron chi connectivity index (χ0n) is 10.9. The summed E-state index contributed by atoms with van der Waals surface area (Å²) in [5.74, 6) is 0.0929. The Kier molecular flexibility index (Phi) is 3.81. The number of aliphatic hydroxyl groups is 1. The average Bonchev–Trinajstić information content (AvgIpc) is 2.47. The van der Waals surface area contributed by atoms with Gasteiger partial charge in [-0.1, -0.05) is 25.1 Å². The van der Waals surface area contributed by atoms with E-state index in [2.05, 4.69) is 4.98 Å². The molecule has 4 heteroatoms. The zero-order valence-corrected chi connectivity index (χ0v) is 10.9. The molecule has 19 heavy (non-hydrogen) atoms. The van der Waals surface area contributed by atoms with E-state index in [1.807, 2.05) is 0 Å². The molecule has 0 aliphatic rings.